The van der Waals surface area contributed by atoms with Crippen LogP contribution in [0.15, 0.2) is 53.0 Å². The standard InChI is InChI=1S/C20H16BrFN2O/c21-13-10-17-15-2-1-3-16(15)19(24-20(17)18(22)11-13)12-4-6-14(7-5-12)25-9-8-23/h1-2,4-7,10-11,15-16,19,24H,3,9H2/t15-,16-,19+/m0/s1. The van der Waals surface area contributed by atoms with Gasteiger partial charge < -0.3 is 10.1 Å². The summed E-state index contributed by atoms with van der Waals surface area (Å²) in [7, 11) is 0. The average Bonchev–Trinajstić information content (AvgIpc) is 3.10. The van der Waals surface area contributed by atoms with Crippen molar-refractivity contribution in [3.05, 3.63) is 70.0 Å². The molecule has 1 N–H and O–H groups in total. The van der Waals surface area contributed by atoms with Gasteiger partial charge >= 0.3 is 0 Å². The summed E-state index contributed by atoms with van der Waals surface area (Å²) in [5.41, 5.74) is 2.69. The van der Waals surface area contributed by atoms with Crippen molar-refractivity contribution in [1.29, 1.82) is 5.26 Å². The first-order chi connectivity index (χ1) is 12.2. The number of halogens is 2. The van der Waals surface area contributed by atoms with Gasteiger partial charge in [0.25, 0.3) is 0 Å². The Morgan fingerprint density at radius 1 is 1.28 bits per heavy atom. The summed E-state index contributed by atoms with van der Waals surface area (Å²) in [6.45, 7) is 0.0309. The molecule has 2 aliphatic rings. The summed E-state index contributed by atoms with van der Waals surface area (Å²) in [6, 6.07) is 13.2. The van der Waals surface area contributed by atoms with E-state index in [2.05, 4.69) is 33.4 Å². The normalized spacial score (nSPS) is 23.3. The molecule has 1 heterocycles. The van der Waals surface area contributed by atoms with Crippen LogP contribution in [-0.2, 0) is 0 Å². The molecule has 126 valence electrons. The van der Waals surface area contributed by atoms with Crippen molar-refractivity contribution < 1.29 is 9.13 Å². The number of hydrogen-bond donors (Lipinski definition) is 1. The van der Waals surface area contributed by atoms with Gasteiger partial charge in [0.1, 0.15) is 17.6 Å². The maximum Gasteiger partial charge on any atom is 0.174 e. The minimum absolute atomic E-state index is 0.0309. The minimum atomic E-state index is -0.234. The molecule has 0 unspecified atom stereocenters. The molecule has 0 radical (unpaired) electrons. The van der Waals surface area contributed by atoms with Gasteiger partial charge in [-0.15, -0.1) is 0 Å². The number of rotatable bonds is 3. The van der Waals surface area contributed by atoms with E-state index in [1.54, 1.807) is 0 Å². The maximum atomic E-state index is 14.5. The largest absolute Gasteiger partial charge is 0.479 e. The Hall–Kier alpha value is -2.32. The lowest BCUT2D eigenvalue weighted by Gasteiger charge is -2.37. The summed E-state index contributed by atoms with van der Waals surface area (Å²) in [5.74, 6) is 0.995. The number of allylic oxidation sites excluding steroid dienone is 2. The Bertz CT molecular complexity index is 873. The van der Waals surface area contributed by atoms with Crippen molar-refractivity contribution in [3.63, 3.8) is 0 Å². The number of anilines is 1. The van der Waals surface area contributed by atoms with Crippen LogP contribution in [0.2, 0.25) is 0 Å². The summed E-state index contributed by atoms with van der Waals surface area (Å²) in [5, 5.41) is 12.0. The molecule has 1 aliphatic heterocycles. The van der Waals surface area contributed by atoms with E-state index in [1.165, 1.54) is 6.07 Å². The molecule has 4 rings (SSSR count). The van der Waals surface area contributed by atoms with Gasteiger partial charge in [-0.1, -0.05) is 40.2 Å². The van der Waals surface area contributed by atoms with Gasteiger partial charge in [0.05, 0.1) is 11.7 Å². The molecule has 0 saturated carbocycles. The zero-order chi connectivity index (χ0) is 17.4. The second-order valence-electron chi connectivity index (χ2n) is 6.34. The van der Waals surface area contributed by atoms with Crippen LogP contribution in [0.1, 0.15) is 29.5 Å². The van der Waals surface area contributed by atoms with E-state index in [0.717, 1.165) is 22.0 Å². The quantitative estimate of drug-likeness (QED) is 0.711. The number of nitriles is 1. The van der Waals surface area contributed by atoms with Gasteiger partial charge in [0.15, 0.2) is 6.61 Å². The van der Waals surface area contributed by atoms with Gasteiger partial charge in [-0.3, -0.25) is 0 Å². The SMILES string of the molecule is N#CCOc1ccc([C@H]2Nc3c(F)cc(Br)cc3[C@H]3C=CC[C@@H]32)cc1. The van der Waals surface area contributed by atoms with Gasteiger partial charge in [-0.05, 0) is 47.7 Å². The van der Waals surface area contributed by atoms with E-state index < -0.39 is 0 Å². The van der Waals surface area contributed by atoms with Crippen LogP contribution in [0.5, 0.6) is 5.75 Å². The van der Waals surface area contributed by atoms with E-state index in [1.807, 2.05) is 36.4 Å². The third kappa shape index (κ3) is 2.91. The van der Waals surface area contributed by atoms with Crippen LogP contribution in [0.4, 0.5) is 10.1 Å². The highest BCUT2D eigenvalue weighted by atomic mass is 79.9. The average molecular weight is 399 g/mol. The number of hydrogen-bond acceptors (Lipinski definition) is 3. The topological polar surface area (TPSA) is 45.0 Å². The molecule has 3 atom stereocenters. The van der Waals surface area contributed by atoms with Gasteiger partial charge in [-0.2, -0.15) is 5.26 Å². The Balaban J connectivity index is 1.68. The van der Waals surface area contributed by atoms with E-state index in [-0.39, 0.29) is 24.4 Å². The molecule has 0 aromatic heterocycles. The van der Waals surface area contributed by atoms with E-state index >= 15 is 0 Å². The molecule has 2 aromatic rings. The van der Waals surface area contributed by atoms with Crippen LogP contribution in [0.25, 0.3) is 0 Å². The van der Waals surface area contributed by atoms with Gasteiger partial charge in [0.2, 0.25) is 0 Å². The molecule has 0 spiro atoms. The summed E-state index contributed by atoms with van der Waals surface area (Å²) >= 11 is 3.40. The smallest absolute Gasteiger partial charge is 0.174 e. The zero-order valence-electron chi connectivity index (χ0n) is 13.4. The molecule has 0 saturated heterocycles. The fourth-order valence-electron chi connectivity index (χ4n) is 3.84. The lowest BCUT2D eigenvalue weighted by Crippen LogP contribution is -2.29. The van der Waals surface area contributed by atoms with E-state index in [9.17, 15) is 4.39 Å². The molecule has 0 amide bonds. The first-order valence-electron chi connectivity index (χ1n) is 8.19. The fourth-order valence-corrected chi connectivity index (χ4v) is 4.29. The highest BCUT2D eigenvalue weighted by Crippen LogP contribution is 2.51. The third-order valence-corrected chi connectivity index (χ3v) is 5.39. The predicted octanol–water partition coefficient (Wildman–Crippen LogP) is 5.32. The Kier molecular flexibility index (Phi) is 4.22. The predicted molar refractivity (Wildman–Crippen MR) is 98.0 cm³/mol. The fraction of sp³-hybridized carbons (Fsp3) is 0.250. The van der Waals surface area contributed by atoms with Gasteiger partial charge in [-0.25, -0.2) is 4.39 Å². The second-order valence-corrected chi connectivity index (χ2v) is 7.26. The molecule has 3 nitrogen and oxygen atoms in total. The highest BCUT2D eigenvalue weighted by molar-refractivity contribution is 9.10. The minimum Gasteiger partial charge on any atom is -0.479 e. The molecule has 1 aliphatic carbocycles. The van der Waals surface area contributed by atoms with Crippen molar-refractivity contribution in [3.8, 4) is 11.8 Å². The van der Waals surface area contributed by atoms with Crippen LogP contribution >= 0.6 is 15.9 Å². The first kappa shape index (κ1) is 16.2. The molecule has 2 aromatic carbocycles. The van der Waals surface area contributed by atoms with Crippen LogP contribution in [-0.4, -0.2) is 6.61 Å². The van der Waals surface area contributed by atoms with Crippen molar-refractivity contribution >= 4 is 21.6 Å². The summed E-state index contributed by atoms with van der Waals surface area (Å²) in [6.07, 6.45) is 5.33. The van der Waals surface area contributed by atoms with E-state index in [0.29, 0.717) is 17.4 Å². The Morgan fingerprint density at radius 3 is 2.84 bits per heavy atom. The number of nitrogens with zero attached hydrogens (tertiary/aromatic N) is 1. The van der Waals surface area contributed by atoms with Crippen LogP contribution in [0, 0.1) is 23.1 Å². The second kappa shape index (κ2) is 6.53. The zero-order valence-corrected chi connectivity index (χ0v) is 15.0. The number of benzene rings is 2. The van der Waals surface area contributed by atoms with E-state index in [4.69, 9.17) is 10.00 Å². The van der Waals surface area contributed by atoms with Gasteiger partial charge in [0, 0.05) is 10.4 Å². The molecule has 25 heavy (non-hydrogen) atoms. The number of ether oxygens (including phenoxy) is 1. The van der Waals surface area contributed by atoms with Crippen molar-refractivity contribution in [2.45, 2.75) is 18.4 Å². The molecule has 0 fully saturated rings. The highest BCUT2D eigenvalue weighted by Gasteiger charge is 2.39. The molecular weight excluding hydrogens is 383 g/mol. The number of nitrogens with one attached hydrogen (secondary N) is 1. The first-order valence-corrected chi connectivity index (χ1v) is 8.98. The Labute approximate surface area is 154 Å². The maximum absolute atomic E-state index is 14.5. The molecular formula is C20H16BrFN2O. The van der Waals surface area contributed by atoms with Crippen molar-refractivity contribution in [2.24, 2.45) is 5.92 Å². The number of fused-ring (bicyclic) bond motifs is 3. The van der Waals surface area contributed by atoms with Crippen molar-refractivity contribution in [2.75, 3.05) is 11.9 Å². The lowest BCUT2D eigenvalue weighted by atomic mass is 9.77. The lowest BCUT2D eigenvalue weighted by molar-refractivity contribution is 0.367. The van der Waals surface area contributed by atoms with Crippen LogP contribution in [0.3, 0.4) is 0 Å². The van der Waals surface area contributed by atoms with Crippen LogP contribution < -0.4 is 10.1 Å². The van der Waals surface area contributed by atoms with Crippen molar-refractivity contribution in [1.82, 2.24) is 0 Å². The molecule has 0 bridgehead atoms. The summed E-state index contributed by atoms with van der Waals surface area (Å²) in [4.78, 5) is 0. The third-order valence-electron chi connectivity index (χ3n) is 4.93. The summed E-state index contributed by atoms with van der Waals surface area (Å²) < 4.78 is 20.6. The molecule has 5 heteroatoms. The monoisotopic (exact) mass is 398 g/mol. The Morgan fingerprint density at radius 2 is 2.08 bits per heavy atom.